The molecule has 0 fully saturated rings. The van der Waals surface area contributed by atoms with Crippen LogP contribution in [0, 0.1) is 12.8 Å². The molecule has 0 spiro atoms. The van der Waals surface area contributed by atoms with Crippen LogP contribution < -0.4 is 11.0 Å². The van der Waals surface area contributed by atoms with Crippen molar-refractivity contribution in [2.24, 2.45) is 5.92 Å². The van der Waals surface area contributed by atoms with Crippen molar-refractivity contribution in [2.45, 2.75) is 27.2 Å². The second-order valence-corrected chi connectivity index (χ2v) is 4.52. The van der Waals surface area contributed by atoms with E-state index in [0.717, 1.165) is 18.8 Å². The van der Waals surface area contributed by atoms with Gasteiger partial charge in [-0.2, -0.15) is 5.10 Å². The first-order valence-corrected chi connectivity index (χ1v) is 5.76. The molecule has 0 radical (unpaired) electrons. The highest BCUT2D eigenvalue weighted by atomic mass is 16.1. The van der Waals surface area contributed by atoms with Gasteiger partial charge in [0.1, 0.15) is 11.6 Å². The smallest absolute Gasteiger partial charge is 0.349 e. The molecule has 0 aliphatic carbocycles. The zero-order chi connectivity index (χ0) is 12.4. The summed E-state index contributed by atoms with van der Waals surface area (Å²) in [6.45, 7) is 7.01. The van der Waals surface area contributed by atoms with Crippen molar-refractivity contribution in [2.75, 3.05) is 11.9 Å². The van der Waals surface area contributed by atoms with Crippen molar-refractivity contribution in [3.63, 3.8) is 0 Å². The van der Waals surface area contributed by atoms with Gasteiger partial charge in [-0.15, -0.1) is 0 Å². The number of H-pyrrole nitrogens is 1. The molecule has 0 unspecified atom stereocenters. The Bertz CT molecular complexity index is 569. The van der Waals surface area contributed by atoms with Gasteiger partial charge in [0.05, 0.1) is 0 Å². The number of aromatic nitrogens is 4. The summed E-state index contributed by atoms with van der Waals surface area (Å²) >= 11 is 0. The molecular weight excluding hydrogens is 218 g/mol. The fourth-order valence-electron chi connectivity index (χ4n) is 1.68. The first kappa shape index (κ1) is 11.6. The molecule has 2 heterocycles. The van der Waals surface area contributed by atoms with E-state index in [2.05, 4.69) is 34.3 Å². The number of nitrogens with one attached hydrogen (secondary N) is 2. The number of aryl methyl sites for hydroxylation is 1. The highest BCUT2D eigenvalue weighted by molar-refractivity contribution is 5.49. The number of anilines is 1. The molecule has 0 saturated heterocycles. The Morgan fingerprint density at radius 3 is 3.00 bits per heavy atom. The maximum absolute atomic E-state index is 11.4. The zero-order valence-electron chi connectivity index (χ0n) is 10.3. The fourth-order valence-corrected chi connectivity index (χ4v) is 1.68. The lowest BCUT2D eigenvalue weighted by Gasteiger charge is -2.08. The highest BCUT2D eigenvalue weighted by Crippen LogP contribution is 2.08. The van der Waals surface area contributed by atoms with Crippen molar-refractivity contribution in [3.05, 3.63) is 22.4 Å². The quantitative estimate of drug-likeness (QED) is 0.834. The van der Waals surface area contributed by atoms with Crippen LogP contribution in [0.3, 0.4) is 0 Å². The van der Waals surface area contributed by atoms with Crippen molar-refractivity contribution < 1.29 is 0 Å². The van der Waals surface area contributed by atoms with Crippen LogP contribution in [0.2, 0.25) is 0 Å². The number of hydrogen-bond donors (Lipinski definition) is 2. The summed E-state index contributed by atoms with van der Waals surface area (Å²) in [7, 11) is 0. The van der Waals surface area contributed by atoms with E-state index in [4.69, 9.17) is 0 Å². The summed E-state index contributed by atoms with van der Waals surface area (Å²) in [6, 6.07) is 1.77. The van der Waals surface area contributed by atoms with E-state index < -0.39 is 0 Å². The molecule has 92 valence electrons. The average Bonchev–Trinajstić information content (AvgIpc) is 2.60. The van der Waals surface area contributed by atoms with Crippen LogP contribution in [0.25, 0.3) is 5.65 Å². The maximum Gasteiger partial charge on any atom is 0.349 e. The minimum absolute atomic E-state index is 0.251. The van der Waals surface area contributed by atoms with Gasteiger partial charge in [-0.1, -0.05) is 13.8 Å². The standard InChI is InChI=1S/C11H17N5O/c1-7(2)4-5-12-9-6-10-14-15-11(17)16(10)8(3)13-9/h6-7,12H,4-5H2,1-3H3,(H,15,17). The molecule has 17 heavy (non-hydrogen) atoms. The predicted molar refractivity (Wildman–Crippen MR) is 66.3 cm³/mol. The fraction of sp³-hybridized carbons (Fsp3) is 0.545. The third-order valence-electron chi connectivity index (χ3n) is 2.60. The van der Waals surface area contributed by atoms with E-state index >= 15 is 0 Å². The predicted octanol–water partition coefficient (Wildman–Crippen LogP) is 1.18. The monoisotopic (exact) mass is 235 g/mol. The first-order chi connectivity index (χ1) is 8.08. The molecule has 2 aromatic rings. The molecule has 0 bridgehead atoms. The molecule has 2 aromatic heterocycles. The minimum Gasteiger partial charge on any atom is -0.370 e. The Hall–Kier alpha value is -1.85. The number of hydrogen-bond acceptors (Lipinski definition) is 4. The largest absolute Gasteiger partial charge is 0.370 e. The molecule has 0 aliphatic heterocycles. The summed E-state index contributed by atoms with van der Waals surface area (Å²) in [5, 5.41) is 9.57. The molecule has 2 rings (SSSR count). The van der Waals surface area contributed by atoms with Gasteiger partial charge in [0.25, 0.3) is 0 Å². The van der Waals surface area contributed by atoms with Crippen LogP contribution in [0.1, 0.15) is 26.1 Å². The molecule has 2 N–H and O–H groups in total. The van der Waals surface area contributed by atoms with Crippen LogP contribution in [0.5, 0.6) is 0 Å². The molecule has 0 aliphatic rings. The van der Waals surface area contributed by atoms with E-state index in [1.165, 1.54) is 4.40 Å². The SMILES string of the molecule is Cc1nc(NCCC(C)C)cc2n[nH]c(=O)n12. The van der Waals surface area contributed by atoms with E-state index in [1.54, 1.807) is 13.0 Å². The normalized spacial score (nSPS) is 11.3. The van der Waals surface area contributed by atoms with Gasteiger partial charge >= 0.3 is 5.69 Å². The van der Waals surface area contributed by atoms with Crippen LogP contribution in [0.4, 0.5) is 5.82 Å². The van der Waals surface area contributed by atoms with E-state index in [0.29, 0.717) is 17.4 Å². The minimum atomic E-state index is -0.251. The number of rotatable bonds is 4. The molecule has 0 aromatic carbocycles. The summed E-state index contributed by atoms with van der Waals surface area (Å²) < 4.78 is 1.45. The van der Waals surface area contributed by atoms with Gasteiger partial charge in [-0.3, -0.25) is 0 Å². The van der Waals surface area contributed by atoms with Crippen molar-refractivity contribution in [3.8, 4) is 0 Å². The highest BCUT2D eigenvalue weighted by Gasteiger charge is 2.06. The second kappa shape index (κ2) is 4.57. The van der Waals surface area contributed by atoms with Crippen LogP contribution >= 0.6 is 0 Å². The van der Waals surface area contributed by atoms with Gasteiger partial charge in [0.2, 0.25) is 0 Å². The van der Waals surface area contributed by atoms with E-state index in [-0.39, 0.29) is 5.69 Å². The lowest BCUT2D eigenvalue weighted by Crippen LogP contribution is -2.14. The third kappa shape index (κ3) is 2.46. The number of fused-ring (bicyclic) bond motifs is 1. The Labute approximate surface area is 99.1 Å². The Morgan fingerprint density at radius 1 is 1.53 bits per heavy atom. The lowest BCUT2D eigenvalue weighted by atomic mass is 10.1. The van der Waals surface area contributed by atoms with Gasteiger partial charge in [0.15, 0.2) is 5.65 Å². The van der Waals surface area contributed by atoms with Crippen LogP contribution in [-0.2, 0) is 0 Å². The van der Waals surface area contributed by atoms with Crippen molar-refractivity contribution in [1.82, 2.24) is 19.6 Å². The second-order valence-electron chi connectivity index (χ2n) is 4.52. The van der Waals surface area contributed by atoms with Gasteiger partial charge in [-0.25, -0.2) is 19.3 Å². The maximum atomic E-state index is 11.4. The molecular formula is C11H17N5O. The topological polar surface area (TPSA) is 75.1 Å². The lowest BCUT2D eigenvalue weighted by molar-refractivity contribution is 0.606. The molecule has 0 amide bonds. The van der Waals surface area contributed by atoms with E-state index in [1.807, 2.05) is 0 Å². The van der Waals surface area contributed by atoms with Gasteiger partial charge in [0, 0.05) is 12.6 Å². The molecule has 0 atom stereocenters. The Balaban J connectivity index is 2.22. The first-order valence-electron chi connectivity index (χ1n) is 5.76. The Morgan fingerprint density at radius 2 is 2.29 bits per heavy atom. The summed E-state index contributed by atoms with van der Waals surface area (Å²) in [6.07, 6.45) is 1.08. The summed E-state index contributed by atoms with van der Waals surface area (Å²) in [5.74, 6) is 2.04. The Kier molecular flexibility index (Phi) is 3.12. The number of nitrogens with zero attached hydrogens (tertiary/aromatic N) is 3. The van der Waals surface area contributed by atoms with Gasteiger partial charge < -0.3 is 5.32 Å². The van der Waals surface area contributed by atoms with Crippen molar-refractivity contribution in [1.29, 1.82) is 0 Å². The molecule has 6 nitrogen and oxygen atoms in total. The van der Waals surface area contributed by atoms with Crippen LogP contribution in [0.15, 0.2) is 10.9 Å². The zero-order valence-corrected chi connectivity index (χ0v) is 10.3. The summed E-state index contributed by atoms with van der Waals surface area (Å²) in [4.78, 5) is 15.7. The molecule has 6 heteroatoms. The summed E-state index contributed by atoms with van der Waals surface area (Å²) in [5.41, 5.74) is 0.341. The van der Waals surface area contributed by atoms with E-state index in [9.17, 15) is 4.79 Å². The van der Waals surface area contributed by atoms with Gasteiger partial charge in [-0.05, 0) is 19.3 Å². The van der Waals surface area contributed by atoms with Crippen LogP contribution in [-0.4, -0.2) is 26.1 Å². The molecule has 0 saturated carbocycles. The third-order valence-corrected chi connectivity index (χ3v) is 2.60. The van der Waals surface area contributed by atoms with Crippen molar-refractivity contribution >= 4 is 11.5 Å². The average molecular weight is 235 g/mol. The number of aromatic amines is 1.